The average molecular weight is 440 g/mol. The molecule has 3 aromatic carbocycles. The predicted molar refractivity (Wildman–Crippen MR) is 118 cm³/mol. The van der Waals surface area contributed by atoms with Gasteiger partial charge in [-0.2, -0.15) is 0 Å². The molecule has 1 N–H and O–H groups in total. The lowest BCUT2D eigenvalue weighted by molar-refractivity contribution is 0.164. The van der Waals surface area contributed by atoms with Crippen molar-refractivity contribution in [2.24, 2.45) is 0 Å². The van der Waals surface area contributed by atoms with Crippen LogP contribution in [0.1, 0.15) is 5.56 Å². The zero-order chi connectivity index (χ0) is 22.0. The minimum Gasteiger partial charge on any atom is -0.389 e. The molecule has 0 fully saturated rings. The Bertz CT molecular complexity index is 1290. The molecule has 1 heterocycles. The maximum atomic E-state index is 13.4. The summed E-state index contributed by atoms with van der Waals surface area (Å²) in [7, 11) is -3.97. The van der Waals surface area contributed by atoms with Crippen LogP contribution >= 0.6 is 0 Å². The number of fused-ring (bicyclic) bond motifs is 1. The third kappa shape index (κ3) is 4.45. The van der Waals surface area contributed by atoms with Crippen LogP contribution in [0.5, 0.6) is 0 Å². The highest BCUT2D eigenvalue weighted by Crippen LogP contribution is 2.25. The molecule has 4 aromatic rings. The number of hydrogen-bond donors (Lipinski definition) is 1. The van der Waals surface area contributed by atoms with Gasteiger partial charge in [0.2, 0.25) is 0 Å². The van der Waals surface area contributed by atoms with Crippen molar-refractivity contribution < 1.29 is 17.9 Å². The number of para-hydroxylation sites is 2. The van der Waals surface area contributed by atoms with Crippen LogP contribution in [-0.4, -0.2) is 35.7 Å². The highest BCUT2D eigenvalue weighted by atomic mass is 32.2. The first kappa shape index (κ1) is 21.0. The van der Waals surface area contributed by atoms with E-state index in [9.17, 15) is 17.9 Å². The second-order valence-electron chi connectivity index (χ2n) is 7.37. The van der Waals surface area contributed by atoms with Gasteiger partial charge >= 0.3 is 0 Å². The van der Waals surface area contributed by atoms with Crippen LogP contribution in [-0.2, 0) is 16.6 Å². The van der Waals surface area contributed by atoms with Crippen LogP contribution in [0.15, 0.2) is 84.0 Å². The fourth-order valence-corrected chi connectivity index (χ4v) is 4.92. The van der Waals surface area contributed by atoms with Gasteiger partial charge in [0.25, 0.3) is 10.0 Å². The molecule has 0 saturated heterocycles. The minimum absolute atomic E-state index is 0.0997. The molecule has 4 rings (SSSR count). The van der Waals surface area contributed by atoms with Gasteiger partial charge < -0.3 is 9.67 Å². The zero-order valence-electron chi connectivity index (χ0n) is 16.9. The Morgan fingerprint density at radius 3 is 2.42 bits per heavy atom. The maximum absolute atomic E-state index is 13.4. The Kier molecular flexibility index (Phi) is 5.75. The maximum Gasteiger partial charge on any atom is 0.264 e. The van der Waals surface area contributed by atoms with Gasteiger partial charge in [0.15, 0.2) is 0 Å². The SMILES string of the molecule is Cc1ccc(S(=O)(=O)N(CC(O)Cn2cnc3ccccc32)c2ccc(F)cc2)cc1. The van der Waals surface area contributed by atoms with E-state index in [-0.39, 0.29) is 23.7 Å². The Morgan fingerprint density at radius 2 is 1.71 bits per heavy atom. The van der Waals surface area contributed by atoms with Crippen molar-refractivity contribution in [2.45, 2.75) is 24.5 Å². The summed E-state index contributed by atoms with van der Waals surface area (Å²) in [5.74, 6) is -0.470. The monoisotopic (exact) mass is 439 g/mol. The number of imidazole rings is 1. The topological polar surface area (TPSA) is 75.4 Å². The summed E-state index contributed by atoms with van der Waals surface area (Å²) < 4.78 is 43.1. The van der Waals surface area contributed by atoms with Gasteiger partial charge in [-0.05, 0) is 55.5 Å². The van der Waals surface area contributed by atoms with Crippen molar-refractivity contribution in [3.63, 3.8) is 0 Å². The predicted octanol–water partition coefficient (Wildman–Crippen LogP) is 3.74. The summed E-state index contributed by atoms with van der Waals surface area (Å²) in [4.78, 5) is 4.40. The van der Waals surface area contributed by atoms with Crippen LogP contribution in [0.2, 0.25) is 0 Å². The molecule has 6 nitrogen and oxygen atoms in total. The van der Waals surface area contributed by atoms with Crippen molar-refractivity contribution >= 4 is 26.7 Å². The van der Waals surface area contributed by atoms with Crippen molar-refractivity contribution in [1.82, 2.24) is 9.55 Å². The molecule has 0 aliphatic heterocycles. The van der Waals surface area contributed by atoms with Crippen molar-refractivity contribution in [1.29, 1.82) is 0 Å². The molecule has 1 unspecified atom stereocenters. The first-order valence-electron chi connectivity index (χ1n) is 9.77. The largest absolute Gasteiger partial charge is 0.389 e. The van der Waals surface area contributed by atoms with E-state index in [4.69, 9.17) is 0 Å². The van der Waals surface area contributed by atoms with Gasteiger partial charge in [0.1, 0.15) is 5.82 Å². The number of nitrogens with zero attached hydrogens (tertiary/aromatic N) is 3. The second kappa shape index (κ2) is 8.49. The molecule has 1 atom stereocenters. The van der Waals surface area contributed by atoms with E-state index >= 15 is 0 Å². The van der Waals surface area contributed by atoms with E-state index in [2.05, 4.69) is 4.98 Å². The normalized spacial score (nSPS) is 12.7. The molecule has 0 saturated carbocycles. The van der Waals surface area contributed by atoms with Gasteiger partial charge in [-0.3, -0.25) is 4.31 Å². The third-order valence-electron chi connectivity index (χ3n) is 5.03. The number of anilines is 1. The first-order chi connectivity index (χ1) is 14.8. The molecule has 160 valence electrons. The smallest absolute Gasteiger partial charge is 0.264 e. The number of rotatable bonds is 7. The van der Waals surface area contributed by atoms with Crippen LogP contribution in [0.4, 0.5) is 10.1 Å². The molecule has 0 bridgehead atoms. The Morgan fingerprint density at radius 1 is 1.03 bits per heavy atom. The zero-order valence-corrected chi connectivity index (χ0v) is 17.7. The summed E-state index contributed by atoms with van der Waals surface area (Å²) in [6.07, 6.45) is 0.591. The highest BCUT2D eigenvalue weighted by molar-refractivity contribution is 7.92. The molecule has 1 aromatic heterocycles. The minimum atomic E-state index is -3.97. The fourth-order valence-electron chi connectivity index (χ4n) is 3.42. The highest BCUT2D eigenvalue weighted by Gasteiger charge is 2.27. The Balaban J connectivity index is 1.65. The number of aliphatic hydroxyl groups is 1. The van der Waals surface area contributed by atoms with Crippen molar-refractivity contribution in [2.75, 3.05) is 10.8 Å². The molecule has 0 spiro atoms. The Labute approximate surface area is 180 Å². The lowest BCUT2D eigenvalue weighted by atomic mass is 10.2. The molecule has 0 aliphatic carbocycles. The van der Waals surface area contributed by atoms with E-state index < -0.39 is 21.9 Å². The average Bonchev–Trinajstić information content (AvgIpc) is 3.16. The molecule has 8 heteroatoms. The number of sulfonamides is 1. The number of aromatic nitrogens is 2. The summed E-state index contributed by atoms with van der Waals surface area (Å²) >= 11 is 0. The number of aryl methyl sites for hydroxylation is 1. The fraction of sp³-hybridized carbons (Fsp3) is 0.174. The number of benzene rings is 3. The number of aliphatic hydroxyl groups excluding tert-OH is 1. The second-order valence-corrected chi connectivity index (χ2v) is 9.23. The molecular formula is C23H22FN3O3S. The molecule has 31 heavy (non-hydrogen) atoms. The van der Waals surface area contributed by atoms with Gasteiger partial charge in [0, 0.05) is 0 Å². The van der Waals surface area contributed by atoms with Gasteiger partial charge in [-0.1, -0.05) is 29.8 Å². The van der Waals surface area contributed by atoms with Crippen LogP contribution in [0.3, 0.4) is 0 Å². The number of halogens is 1. The lowest BCUT2D eigenvalue weighted by Gasteiger charge is -2.27. The van der Waals surface area contributed by atoms with Gasteiger partial charge in [0.05, 0.1) is 47.1 Å². The van der Waals surface area contributed by atoms with Crippen molar-refractivity contribution in [3.8, 4) is 0 Å². The van der Waals surface area contributed by atoms with E-state index in [0.29, 0.717) is 0 Å². The summed E-state index contributed by atoms with van der Waals surface area (Å²) in [6.45, 7) is 1.82. The van der Waals surface area contributed by atoms with E-state index in [1.54, 1.807) is 23.0 Å². The quantitative estimate of drug-likeness (QED) is 0.476. The number of hydrogen-bond acceptors (Lipinski definition) is 4. The van der Waals surface area contributed by atoms with E-state index in [1.165, 1.54) is 36.4 Å². The summed E-state index contributed by atoms with van der Waals surface area (Å²) in [6, 6.07) is 19.1. The summed E-state index contributed by atoms with van der Waals surface area (Å²) in [5.41, 5.74) is 2.84. The van der Waals surface area contributed by atoms with Crippen LogP contribution in [0, 0.1) is 12.7 Å². The molecule has 0 radical (unpaired) electrons. The third-order valence-corrected chi connectivity index (χ3v) is 6.84. The van der Waals surface area contributed by atoms with Gasteiger partial charge in [-0.15, -0.1) is 0 Å². The molecular weight excluding hydrogens is 417 g/mol. The lowest BCUT2D eigenvalue weighted by Crippen LogP contribution is -2.39. The van der Waals surface area contributed by atoms with Crippen molar-refractivity contribution in [3.05, 3.63) is 90.5 Å². The van der Waals surface area contributed by atoms with Crippen LogP contribution < -0.4 is 4.31 Å². The first-order valence-corrected chi connectivity index (χ1v) is 11.2. The standard InChI is InChI=1S/C23H22FN3O3S/c1-17-6-12-21(13-7-17)31(29,30)27(19-10-8-18(24)9-11-19)15-20(28)14-26-16-25-22-4-2-3-5-23(22)26/h2-13,16,20,28H,14-15H2,1H3. The van der Waals surface area contributed by atoms with Crippen LogP contribution in [0.25, 0.3) is 11.0 Å². The molecule has 0 amide bonds. The summed E-state index contributed by atoms with van der Waals surface area (Å²) in [5, 5.41) is 10.8. The van der Waals surface area contributed by atoms with E-state index in [0.717, 1.165) is 20.9 Å². The molecule has 0 aliphatic rings. The van der Waals surface area contributed by atoms with E-state index in [1.807, 2.05) is 31.2 Å². The van der Waals surface area contributed by atoms with Gasteiger partial charge in [-0.25, -0.2) is 17.8 Å². The Hall–Kier alpha value is -3.23.